The topological polar surface area (TPSA) is 100 Å². The lowest BCUT2D eigenvalue weighted by Gasteiger charge is -2.12. The van der Waals surface area contributed by atoms with Gasteiger partial charge in [-0.2, -0.15) is 0 Å². The van der Waals surface area contributed by atoms with Crippen molar-refractivity contribution in [3.8, 4) is 0 Å². The largest absolute Gasteiger partial charge is 0.387 e. The Bertz CT molecular complexity index is 881. The van der Waals surface area contributed by atoms with Crippen LogP contribution in [-0.4, -0.2) is 29.1 Å². The lowest BCUT2D eigenvalue weighted by Crippen LogP contribution is -2.23. The number of amides is 1. The van der Waals surface area contributed by atoms with Crippen LogP contribution >= 0.6 is 11.3 Å². The van der Waals surface area contributed by atoms with Crippen molar-refractivity contribution in [2.24, 2.45) is 0 Å². The lowest BCUT2D eigenvalue weighted by molar-refractivity contribution is -0.115. The summed E-state index contributed by atoms with van der Waals surface area (Å²) in [7, 11) is 0. The first-order valence-corrected chi connectivity index (χ1v) is 9.94. The Morgan fingerprint density at radius 1 is 1.14 bits per heavy atom. The van der Waals surface area contributed by atoms with Crippen molar-refractivity contribution in [2.75, 3.05) is 24.1 Å². The molecule has 0 bridgehead atoms. The number of carbonyl (C=O) groups excluding carboxylic acids is 1. The fourth-order valence-electron chi connectivity index (χ4n) is 2.79. The van der Waals surface area contributed by atoms with Gasteiger partial charge in [-0.25, -0.2) is 4.98 Å². The predicted molar refractivity (Wildman–Crippen MR) is 113 cm³/mol. The van der Waals surface area contributed by atoms with Crippen LogP contribution in [0, 0.1) is 0 Å². The molecule has 0 fully saturated rings. The number of nitrogen functional groups attached to an aromatic ring is 1. The molecule has 0 aliphatic carbocycles. The third kappa shape index (κ3) is 6.16. The molecule has 0 spiro atoms. The zero-order valence-electron chi connectivity index (χ0n) is 15.5. The highest BCUT2D eigenvalue weighted by atomic mass is 32.1. The molecule has 0 unspecified atom stereocenters. The highest BCUT2D eigenvalue weighted by Crippen LogP contribution is 2.16. The minimum absolute atomic E-state index is 0.0898. The summed E-state index contributed by atoms with van der Waals surface area (Å²) in [6, 6.07) is 17.4. The van der Waals surface area contributed by atoms with Crippen LogP contribution in [0.15, 0.2) is 60.8 Å². The summed E-state index contributed by atoms with van der Waals surface area (Å²) < 4.78 is 0. The van der Waals surface area contributed by atoms with Crippen LogP contribution in [0.1, 0.15) is 22.1 Å². The summed E-state index contributed by atoms with van der Waals surface area (Å²) in [5.41, 5.74) is 8.41. The maximum atomic E-state index is 12.1. The molecule has 1 aromatic heterocycles. The third-order valence-electron chi connectivity index (χ3n) is 4.26. The standard InChI is InChI=1S/C21H24N4O2S/c22-21-24-13-18(28-21)12-20(27)25-17-8-6-15(7-9-17)10-11-23-14-19(26)16-4-2-1-3-5-16/h1-9,13,19,23,26H,10-12,14H2,(H2,22,24)(H,25,27)/t19-/m0/s1. The third-order valence-corrected chi connectivity index (χ3v) is 5.08. The van der Waals surface area contributed by atoms with Crippen molar-refractivity contribution in [1.82, 2.24) is 10.3 Å². The van der Waals surface area contributed by atoms with E-state index in [9.17, 15) is 9.90 Å². The van der Waals surface area contributed by atoms with Gasteiger partial charge in [0.1, 0.15) is 0 Å². The zero-order chi connectivity index (χ0) is 19.8. The molecular formula is C21H24N4O2S. The molecule has 146 valence electrons. The molecule has 3 aromatic rings. The van der Waals surface area contributed by atoms with E-state index in [1.54, 1.807) is 6.20 Å². The molecule has 7 heteroatoms. The zero-order valence-corrected chi connectivity index (χ0v) is 16.3. The molecule has 0 aliphatic rings. The first-order chi connectivity index (χ1) is 13.6. The molecule has 0 saturated heterocycles. The molecule has 1 atom stereocenters. The first kappa shape index (κ1) is 20.0. The number of anilines is 2. The van der Waals surface area contributed by atoms with Crippen molar-refractivity contribution < 1.29 is 9.90 Å². The van der Waals surface area contributed by atoms with Gasteiger partial charge >= 0.3 is 0 Å². The summed E-state index contributed by atoms with van der Waals surface area (Å²) >= 11 is 1.32. The average Bonchev–Trinajstić information content (AvgIpc) is 3.11. The fraction of sp³-hybridized carbons (Fsp3) is 0.238. The molecule has 0 saturated carbocycles. The van der Waals surface area contributed by atoms with Crippen LogP contribution in [0.3, 0.4) is 0 Å². The van der Waals surface area contributed by atoms with Crippen LogP contribution < -0.4 is 16.4 Å². The van der Waals surface area contributed by atoms with Gasteiger partial charge in [-0.3, -0.25) is 4.79 Å². The number of nitrogens with two attached hydrogens (primary N) is 1. The predicted octanol–water partition coefficient (Wildman–Crippen LogP) is 2.77. The second-order valence-corrected chi connectivity index (χ2v) is 7.61. The molecule has 3 rings (SSSR count). The van der Waals surface area contributed by atoms with Gasteiger partial charge in [-0.1, -0.05) is 42.5 Å². The van der Waals surface area contributed by atoms with Crippen LogP contribution in [0.5, 0.6) is 0 Å². The molecular weight excluding hydrogens is 372 g/mol. The van der Waals surface area contributed by atoms with Crippen molar-refractivity contribution in [3.05, 3.63) is 76.8 Å². The normalized spacial score (nSPS) is 11.9. The highest BCUT2D eigenvalue weighted by molar-refractivity contribution is 7.15. The Morgan fingerprint density at radius 3 is 2.57 bits per heavy atom. The molecule has 1 heterocycles. The van der Waals surface area contributed by atoms with E-state index in [-0.39, 0.29) is 12.3 Å². The summed E-state index contributed by atoms with van der Waals surface area (Å²) in [5, 5.41) is 16.8. The summed E-state index contributed by atoms with van der Waals surface area (Å²) in [6.07, 6.45) is 2.23. The highest BCUT2D eigenvalue weighted by Gasteiger charge is 2.08. The van der Waals surface area contributed by atoms with E-state index in [0.29, 0.717) is 11.7 Å². The fourth-order valence-corrected chi connectivity index (χ4v) is 3.47. The lowest BCUT2D eigenvalue weighted by atomic mass is 10.1. The van der Waals surface area contributed by atoms with E-state index in [1.165, 1.54) is 11.3 Å². The maximum Gasteiger partial charge on any atom is 0.229 e. The van der Waals surface area contributed by atoms with Crippen molar-refractivity contribution in [3.63, 3.8) is 0 Å². The van der Waals surface area contributed by atoms with E-state index < -0.39 is 6.10 Å². The number of aromatic nitrogens is 1. The number of carbonyl (C=O) groups is 1. The maximum absolute atomic E-state index is 12.1. The van der Waals surface area contributed by atoms with Gasteiger partial charge in [-0.05, 0) is 36.2 Å². The Kier molecular flexibility index (Phi) is 7.13. The Balaban J connectivity index is 1.38. The van der Waals surface area contributed by atoms with Crippen LogP contribution in [0.2, 0.25) is 0 Å². The number of hydrogen-bond donors (Lipinski definition) is 4. The number of nitrogens with one attached hydrogen (secondary N) is 2. The number of aliphatic hydroxyl groups excluding tert-OH is 1. The molecule has 28 heavy (non-hydrogen) atoms. The van der Waals surface area contributed by atoms with Crippen molar-refractivity contribution in [1.29, 1.82) is 0 Å². The Hall–Kier alpha value is -2.74. The second-order valence-electron chi connectivity index (χ2n) is 6.47. The van der Waals surface area contributed by atoms with E-state index in [4.69, 9.17) is 5.73 Å². The number of benzene rings is 2. The second kappa shape index (κ2) is 9.98. The van der Waals surface area contributed by atoms with Gasteiger partial charge in [0.05, 0.1) is 12.5 Å². The van der Waals surface area contributed by atoms with E-state index in [1.807, 2.05) is 54.6 Å². The van der Waals surface area contributed by atoms with Gasteiger partial charge in [-0.15, -0.1) is 11.3 Å². The molecule has 5 N–H and O–H groups in total. The van der Waals surface area contributed by atoms with E-state index in [2.05, 4.69) is 15.6 Å². The molecule has 1 amide bonds. The molecule has 0 aliphatic heterocycles. The number of aliphatic hydroxyl groups is 1. The van der Waals surface area contributed by atoms with Crippen LogP contribution in [-0.2, 0) is 17.6 Å². The van der Waals surface area contributed by atoms with Gasteiger partial charge < -0.3 is 21.5 Å². The minimum Gasteiger partial charge on any atom is -0.387 e. The van der Waals surface area contributed by atoms with Gasteiger partial charge in [0.25, 0.3) is 0 Å². The van der Waals surface area contributed by atoms with Gasteiger partial charge in [0, 0.05) is 23.3 Å². The molecule has 6 nitrogen and oxygen atoms in total. The number of thiazole rings is 1. The summed E-state index contributed by atoms with van der Waals surface area (Å²) in [5.74, 6) is -0.0898. The quantitative estimate of drug-likeness (QED) is 0.417. The van der Waals surface area contributed by atoms with Gasteiger partial charge in [0.15, 0.2) is 5.13 Å². The number of rotatable bonds is 9. The van der Waals surface area contributed by atoms with Crippen molar-refractivity contribution in [2.45, 2.75) is 18.9 Å². The average molecular weight is 397 g/mol. The molecule has 0 radical (unpaired) electrons. The Labute approximate surface area is 168 Å². The smallest absolute Gasteiger partial charge is 0.229 e. The SMILES string of the molecule is Nc1ncc(CC(=O)Nc2ccc(CCNC[C@H](O)c3ccccc3)cc2)s1. The van der Waals surface area contributed by atoms with Crippen LogP contribution in [0.25, 0.3) is 0 Å². The first-order valence-electron chi connectivity index (χ1n) is 9.13. The van der Waals surface area contributed by atoms with Crippen LogP contribution in [0.4, 0.5) is 10.8 Å². The van der Waals surface area contributed by atoms with E-state index >= 15 is 0 Å². The minimum atomic E-state index is -0.507. The summed E-state index contributed by atoms with van der Waals surface area (Å²) in [6.45, 7) is 1.28. The van der Waals surface area contributed by atoms with Crippen molar-refractivity contribution >= 4 is 28.1 Å². The Morgan fingerprint density at radius 2 is 1.89 bits per heavy atom. The monoisotopic (exact) mass is 396 g/mol. The number of hydrogen-bond acceptors (Lipinski definition) is 6. The summed E-state index contributed by atoms with van der Waals surface area (Å²) in [4.78, 5) is 16.9. The molecule has 2 aromatic carbocycles. The number of nitrogens with zero attached hydrogens (tertiary/aromatic N) is 1. The van der Waals surface area contributed by atoms with Gasteiger partial charge in [0.2, 0.25) is 5.91 Å². The van der Waals surface area contributed by atoms with E-state index in [0.717, 1.165) is 34.7 Å².